The van der Waals surface area contributed by atoms with Crippen molar-refractivity contribution in [2.45, 2.75) is 51.4 Å². The Hall–Kier alpha value is -4.33. The zero-order valence-corrected chi connectivity index (χ0v) is 30.3. The van der Waals surface area contributed by atoms with Crippen molar-refractivity contribution in [1.29, 1.82) is 0 Å². The number of likely N-dealkylation sites (tertiary alicyclic amines) is 2. The fourth-order valence-electron chi connectivity index (χ4n) is 6.51. The van der Waals surface area contributed by atoms with Crippen LogP contribution >= 0.6 is 23.2 Å². The number of nitrogens with zero attached hydrogens (tertiary/aromatic N) is 5. The zero-order valence-electron chi connectivity index (χ0n) is 28.8. The number of piperidine rings is 1. The van der Waals surface area contributed by atoms with Gasteiger partial charge in [0.15, 0.2) is 0 Å². The predicted octanol–water partition coefficient (Wildman–Crippen LogP) is 5.45. The van der Waals surface area contributed by atoms with Crippen molar-refractivity contribution in [2.24, 2.45) is 0 Å². The van der Waals surface area contributed by atoms with Gasteiger partial charge in [-0.1, -0.05) is 41.4 Å². The number of hydrogen-bond acceptors (Lipinski definition) is 10. The highest BCUT2D eigenvalue weighted by atomic mass is 35.5. The van der Waals surface area contributed by atoms with E-state index in [-0.39, 0.29) is 22.7 Å². The second-order valence-electron chi connectivity index (χ2n) is 12.7. The van der Waals surface area contributed by atoms with Gasteiger partial charge >= 0.3 is 0 Å². The van der Waals surface area contributed by atoms with Crippen LogP contribution in [0.2, 0.25) is 10.0 Å². The molecule has 0 radical (unpaired) electrons. The van der Waals surface area contributed by atoms with Gasteiger partial charge in [0.25, 0.3) is 5.91 Å². The van der Waals surface area contributed by atoms with Gasteiger partial charge in [0, 0.05) is 92.9 Å². The minimum atomic E-state index is -0.462. The number of aromatic nitrogens is 3. The number of pyridine rings is 3. The highest BCUT2D eigenvalue weighted by molar-refractivity contribution is 6.39. The van der Waals surface area contributed by atoms with Gasteiger partial charge in [-0.25, -0.2) is 4.98 Å². The molecular weight excluding hydrogens is 693 g/mol. The quantitative estimate of drug-likeness (QED) is 0.182. The van der Waals surface area contributed by atoms with E-state index in [1.165, 1.54) is 0 Å². The van der Waals surface area contributed by atoms with E-state index < -0.39 is 5.91 Å². The molecule has 14 heteroatoms. The van der Waals surface area contributed by atoms with Gasteiger partial charge in [-0.05, 0) is 37.5 Å². The predicted molar refractivity (Wildman–Crippen MR) is 196 cm³/mol. The summed E-state index contributed by atoms with van der Waals surface area (Å²) in [6.07, 6.45) is 5.43. The van der Waals surface area contributed by atoms with Crippen molar-refractivity contribution in [1.82, 2.24) is 30.1 Å². The third kappa shape index (κ3) is 8.43. The molecule has 0 bridgehead atoms. The summed E-state index contributed by atoms with van der Waals surface area (Å²) in [7, 11) is 3.13. The molecule has 3 N–H and O–H groups in total. The van der Waals surface area contributed by atoms with Crippen LogP contribution in [0.3, 0.4) is 0 Å². The summed E-state index contributed by atoms with van der Waals surface area (Å²) >= 11 is 13.9. The third-order valence-corrected chi connectivity index (χ3v) is 10.1. The molecule has 3 aromatic heterocycles. The molecule has 2 fully saturated rings. The Morgan fingerprint density at radius 1 is 0.961 bits per heavy atom. The maximum atomic E-state index is 13.3. The van der Waals surface area contributed by atoms with Gasteiger partial charge in [0.2, 0.25) is 11.8 Å². The fraction of sp³-hybridized carbons (Fsp3) is 0.378. The maximum absolute atomic E-state index is 13.3. The van der Waals surface area contributed by atoms with Gasteiger partial charge in [-0.15, -0.1) is 0 Å². The number of β-amino-alcohol motifs (C(OH)–C–C–N with tert-alkyl or cyclic N) is 1. The Bertz CT molecular complexity index is 1900. The molecule has 1 unspecified atom stereocenters. The van der Waals surface area contributed by atoms with Gasteiger partial charge in [0.1, 0.15) is 11.4 Å². The Kier molecular flexibility index (Phi) is 11.7. The van der Waals surface area contributed by atoms with Crippen LogP contribution < -0.4 is 20.1 Å². The number of carbonyl (C=O) groups excluding carboxylic acids is 2. The van der Waals surface area contributed by atoms with Gasteiger partial charge in [0.05, 0.1) is 47.4 Å². The number of aliphatic hydroxyl groups is 1. The highest BCUT2D eigenvalue weighted by Gasteiger charge is 2.24. The smallest absolute Gasteiger partial charge is 0.274 e. The van der Waals surface area contributed by atoms with Crippen molar-refractivity contribution < 1.29 is 24.2 Å². The number of halogens is 2. The molecule has 0 saturated carbocycles. The molecule has 0 spiro atoms. The van der Waals surface area contributed by atoms with E-state index in [2.05, 4.69) is 25.5 Å². The molecule has 12 nitrogen and oxygen atoms in total. The van der Waals surface area contributed by atoms with Crippen LogP contribution in [-0.4, -0.2) is 94.2 Å². The Morgan fingerprint density at radius 2 is 1.76 bits per heavy atom. The minimum Gasteiger partial charge on any atom is -0.496 e. The average Bonchev–Trinajstić information content (AvgIpc) is 3.56. The third-order valence-electron chi connectivity index (χ3n) is 9.36. The number of methoxy groups -OCH3 is 2. The van der Waals surface area contributed by atoms with Crippen LogP contribution in [0.5, 0.6) is 11.6 Å². The van der Waals surface area contributed by atoms with Crippen molar-refractivity contribution in [2.75, 3.05) is 45.7 Å². The number of hydrogen-bond donors (Lipinski definition) is 3. The van der Waals surface area contributed by atoms with Crippen LogP contribution in [0.1, 0.15) is 47.8 Å². The van der Waals surface area contributed by atoms with Crippen molar-refractivity contribution in [3.63, 3.8) is 0 Å². The number of benzene rings is 1. The number of amides is 2. The molecule has 2 amide bonds. The average molecular weight is 735 g/mol. The van der Waals surface area contributed by atoms with Crippen molar-refractivity contribution in [3.05, 3.63) is 81.7 Å². The summed E-state index contributed by atoms with van der Waals surface area (Å²) in [4.78, 5) is 42.7. The summed E-state index contributed by atoms with van der Waals surface area (Å²) in [5.74, 6) is 0.662. The molecule has 2 aliphatic heterocycles. The van der Waals surface area contributed by atoms with Crippen molar-refractivity contribution in [3.8, 4) is 34.1 Å². The van der Waals surface area contributed by atoms with Gasteiger partial charge in [-0.3, -0.25) is 24.5 Å². The van der Waals surface area contributed by atoms with E-state index in [4.69, 9.17) is 37.7 Å². The van der Waals surface area contributed by atoms with Crippen LogP contribution in [0.15, 0.2) is 54.9 Å². The Labute approximate surface area is 307 Å². The van der Waals surface area contributed by atoms with Crippen molar-refractivity contribution >= 4 is 40.7 Å². The number of anilines is 1. The topological polar surface area (TPSA) is 142 Å². The first kappa shape index (κ1) is 36.5. The van der Waals surface area contributed by atoms with E-state index in [0.29, 0.717) is 70.5 Å². The first-order valence-electron chi connectivity index (χ1n) is 16.9. The molecule has 1 aromatic carbocycles. The number of carbonyl (C=O) groups is 2. The highest BCUT2D eigenvalue weighted by Crippen LogP contribution is 2.40. The molecule has 51 heavy (non-hydrogen) atoms. The first-order chi connectivity index (χ1) is 24.6. The van der Waals surface area contributed by atoms with E-state index >= 15 is 0 Å². The normalized spacial score (nSPS) is 16.7. The molecule has 6 rings (SSSR count). The monoisotopic (exact) mass is 733 g/mol. The molecule has 268 valence electrons. The summed E-state index contributed by atoms with van der Waals surface area (Å²) < 4.78 is 11.2. The second kappa shape index (κ2) is 16.3. The molecule has 2 aliphatic rings. The largest absolute Gasteiger partial charge is 0.496 e. The first-order valence-corrected chi connectivity index (χ1v) is 17.6. The summed E-state index contributed by atoms with van der Waals surface area (Å²) in [6, 6.07) is 12.8. The second-order valence-corrected chi connectivity index (χ2v) is 13.5. The molecule has 1 atom stereocenters. The van der Waals surface area contributed by atoms with E-state index in [1.54, 1.807) is 63.9 Å². The van der Waals surface area contributed by atoms with E-state index in [0.717, 1.165) is 50.0 Å². The lowest BCUT2D eigenvalue weighted by atomic mass is 10.0. The number of aliphatic hydroxyl groups excluding tert-OH is 1. The van der Waals surface area contributed by atoms with Crippen LogP contribution in [0, 0.1) is 0 Å². The molecule has 0 aliphatic carbocycles. The molecular formula is C37H41Cl2N7O5. The van der Waals surface area contributed by atoms with Gasteiger partial charge < -0.3 is 30.1 Å². The van der Waals surface area contributed by atoms with Crippen LogP contribution in [0.25, 0.3) is 22.5 Å². The van der Waals surface area contributed by atoms with E-state index in [9.17, 15) is 14.7 Å². The summed E-state index contributed by atoms with van der Waals surface area (Å²) in [6.45, 7) is 5.60. The number of rotatable bonds is 11. The lowest BCUT2D eigenvalue weighted by Gasteiger charge is -2.31. The number of nitrogens with one attached hydrogen (secondary N) is 2. The number of ether oxygens (including phenoxy) is 2. The SMILES string of the molecule is COc1cc(C(=O)Nc2cccc(-c3nccc(-c4ccc(CNC5CCN(C(C)=O)CC5)c(OC)n4)c3Cl)c2Cl)ncc1CN1CCC(O)C1. The standard InChI is InChI=1S/C37H41Cl2N7O5/c1-22(47)46-15-10-25(11-16-46)41-18-23-7-8-29(44-37(23)51-3)27-9-13-40-35(34(27)39)28-5-4-6-30(33(28)38)43-36(49)31-17-32(50-2)24(19-42-31)20-45-14-12-26(48)21-45/h4-9,13,17,19,25-26,41,48H,10-12,14-16,18,20-21H2,1-3H3,(H,43,49). The minimum absolute atomic E-state index is 0.113. The van der Waals surface area contributed by atoms with E-state index in [1.807, 2.05) is 17.0 Å². The maximum Gasteiger partial charge on any atom is 0.274 e. The zero-order chi connectivity index (χ0) is 36.1. The lowest BCUT2D eigenvalue weighted by molar-refractivity contribution is -0.129. The van der Waals surface area contributed by atoms with Crippen LogP contribution in [0.4, 0.5) is 5.69 Å². The van der Waals surface area contributed by atoms with Crippen LogP contribution in [-0.2, 0) is 17.9 Å². The molecule has 5 heterocycles. The Morgan fingerprint density at radius 3 is 2.47 bits per heavy atom. The molecule has 4 aromatic rings. The fourth-order valence-corrected chi connectivity index (χ4v) is 7.08. The summed E-state index contributed by atoms with van der Waals surface area (Å²) in [5.41, 5.74) is 4.44. The van der Waals surface area contributed by atoms with Gasteiger partial charge in [-0.2, -0.15) is 0 Å². The Balaban J connectivity index is 1.17. The lowest BCUT2D eigenvalue weighted by Crippen LogP contribution is -2.44. The molecule has 2 saturated heterocycles. The summed E-state index contributed by atoms with van der Waals surface area (Å²) in [5, 5.41) is 16.9.